The SMILES string of the molecule is CNCCCc1ncc(-c2cc(F)cc(F)c2)o1. The van der Waals surface area contributed by atoms with E-state index in [1.807, 2.05) is 7.05 Å². The molecule has 0 unspecified atom stereocenters. The Kier molecular flexibility index (Phi) is 4.04. The Balaban J connectivity index is 2.13. The van der Waals surface area contributed by atoms with Gasteiger partial charge >= 0.3 is 0 Å². The third kappa shape index (κ3) is 3.13. The van der Waals surface area contributed by atoms with Crippen molar-refractivity contribution in [3.63, 3.8) is 0 Å². The molecule has 0 spiro atoms. The van der Waals surface area contributed by atoms with Gasteiger partial charge in [0.25, 0.3) is 0 Å². The number of rotatable bonds is 5. The number of aryl methyl sites for hydroxylation is 1. The van der Waals surface area contributed by atoms with Crippen molar-refractivity contribution in [1.82, 2.24) is 10.3 Å². The number of hydrogen-bond donors (Lipinski definition) is 1. The van der Waals surface area contributed by atoms with Gasteiger partial charge in [-0.15, -0.1) is 0 Å². The first-order valence-electron chi connectivity index (χ1n) is 5.75. The second kappa shape index (κ2) is 5.73. The van der Waals surface area contributed by atoms with Crippen molar-refractivity contribution in [3.05, 3.63) is 41.9 Å². The first kappa shape index (κ1) is 12.7. The maximum atomic E-state index is 13.1. The van der Waals surface area contributed by atoms with Gasteiger partial charge in [-0.25, -0.2) is 13.8 Å². The number of hydrogen-bond acceptors (Lipinski definition) is 3. The molecule has 2 aromatic rings. The summed E-state index contributed by atoms with van der Waals surface area (Å²) in [6, 6.07) is 3.27. The van der Waals surface area contributed by atoms with Gasteiger partial charge in [0.15, 0.2) is 11.7 Å². The van der Waals surface area contributed by atoms with Crippen LogP contribution in [-0.2, 0) is 6.42 Å². The largest absolute Gasteiger partial charge is 0.441 e. The summed E-state index contributed by atoms with van der Waals surface area (Å²) in [5, 5.41) is 3.02. The zero-order chi connectivity index (χ0) is 13.0. The van der Waals surface area contributed by atoms with E-state index in [1.165, 1.54) is 18.3 Å². The van der Waals surface area contributed by atoms with E-state index in [4.69, 9.17) is 4.42 Å². The fourth-order valence-electron chi connectivity index (χ4n) is 1.67. The van der Waals surface area contributed by atoms with Crippen LogP contribution in [0.2, 0.25) is 0 Å². The van der Waals surface area contributed by atoms with Gasteiger partial charge in [-0.05, 0) is 32.1 Å². The van der Waals surface area contributed by atoms with Crippen LogP contribution in [0.1, 0.15) is 12.3 Å². The van der Waals surface area contributed by atoms with Crippen LogP contribution in [0.4, 0.5) is 8.78 Å². The van der Waals surface area contributed by atoms with Crippen LogP contribution in [0.15, 0.2) is 28.8 Å². The Bertz CT molecular complexity index is 505. The third-order valence-electron chi connectivity index (χ3n) is 2.52. The van der Waals surface area contributed by atoms with E-state index in [0.29, 0.717) is 23.6 Å². The standard InChI is InChI=1S/C13H14F2N2O/c1-16-4-2-3-13-17-8-12(18-13)9-5-10(14)7-11(15)6-9/h5-8,16H,2-4H2,1H3. The average Bonchev–Trinajstić information content (AvgIpc) is 2.77. The molecule has 1 aromatic carbocycles. The molecule has 18 heavy (non-hydrogen) atoms. The van der Waals surface area contributed by atoms with Crippen LogP contribution in [-0.4, -0.2) is 18.6 Å². The molecule has 0 bridgehead atoms. The van der Waals surface area contributed by atoms with E-state index in [1.54, 1.807) is 0 Å². The lowest BCUT2D eigenvalue weighted by Gasteiger charge is -1.98. The van der Waals surface area contributed by atoms with Crippen LogP contribution in [0.25, 0.3) is 11.3 Å². The molecule has 96 valence electrons. The molecule has 0 fully saturated rings. The number of benzene rings is 1. The van der Waals surface area contributed by atoms with Gasteiger partial charge in [0.2, 0.25) is 0 Å². The molecule has 0 amide bonds. The Hall–Kier alpha value is -1.75. The normalized spacial score (nSPS) is 10.8. The summed E-state index contributed by atoms with van der Waals surface area (Å²) >= 11 is 0. The number of oxazole rings is 1. The summed E-state index contributed by atoms with van der Waals surface area (Å²) in [7, 11) is 1.87. The molecule has 1 heterocycles. The summed E-state index contributed by atoms with van der Waals surface area (Å²) in [5.41, 5.74) is 0.361. The maximum Gasteiger partial charge on any atom is 0.194 e. The highest BCUT2D eigenvalue weighted by molar-refractivity contribution is 5.56. The van der Waals surface area contributed by atoms with Gasteiger partial charge < -0.3 is 9.73 Å². The molecule has 1 N–H and O–H groups in total. The summed E-state index contributed by atoms with van der Waals surface area (Å²) < 4.78 is 31.6. The molecule has 0 aliphatic heterocycles. The van der Waals surface area contributed by atoms with Gasteiger partial charge in [-0.2, -0.15) is 0 Å². The minimum atomic E-state index is -0.627. The zero-order valence-corrected chi connectivity index (χ0v) is 10.0. The Morgan fingerprint density at radius 3 is 2.61 bits per heavy atom. The minimum absolute atomic E-state index is 0.361. The summed E-state index contributed by atoms with van der Waals surface area (Å²) in [6.07, 6.45) is 3.08. The highest BCUT2D eigenvalue weighted by Crippen LogP contribution is 2.22. The van der Waals surface area contributed by atoms with Crippen molar-refractivity contribution < 1.29 is 13.2 Å². The van der Waals surface area contributed by atoms with E-state index >= 15 is 0 Å². The summed E-state index contributed by atoms with van der Waals surface area (Å²) in [4.78, 5) is 4.08. The first-order chi connectivity index (χ1) is 8.69. The van der Waals surface area contributed by atoms with Gasteiger partial charge in [0.1, 0.15) is 11.6 Å². The maximum absolute atomic E-state index is 13.1. The topological polar surface area (TPSA) is 38.1 Å². The molecule has 0 radical (unpaired) electrons. The predicted octanol–water partition coefficient (Wildman–Crippen LogP) is 2.77. The summed E-state index contributed by atoms with van der Waals surface area (Å²) in [5.74, 6) is -0.297. The Labute approximate surface area is 104 Å². The van der Waals surface area contributed by atoms with Gasteiger partial charge in [0.05, 0.1) is 6.20 Å². The van der Waals surface area contributed by atoms with Crippen molar-refractivity contribution in [2.75, 3.05) is 13.6 Å². The van der Waals surface area contributed by atoms with E-state index in [-0.39, 0.29) is 0 Å². The molecular weight excluding hydrogens is 238 g/mol. The number of nitrogens with one attached hydrogen (secondary N) is 1. The molecule has 3 nitrogen and oxygen atoms in total. The lowest BCUT2D eigenvalue weighted by atomic mass is 10.2. The van der Waals surface area contributed by atoms with Crippen LogP contribution < -0.4 is 5.32 Å². The van der Waals surface area contributed by atoms with E-state index in [2.05, 4.69) is 10.3 Å². The fourth-order valence-corrected chi connectivity index (χ4v) is 1.67. The minimum Gasteiger partial charge on any atom is -0.441 e. The molecule has 0 aliphatic rings. The van der Waals surface area contributed by atoms with Crippen molar-refractivity contribution in [1.29, 1.82) is 0 Å². The van der Waals surface area contributed by atoms with Crippen molar-refractivity contribution >= 4 is 0 Å². The fraction of sp³-hybridized carbons (Fsp3) is 0.308. The van der Waals surface area contributed by atoms with Crippen LogP contribution >= 0.6 is 0 Å². The van der Waals surface area contributed by atoms with Crippen molar-refractivity contribution in [2.24, 2.45) is 0 Å². The zero-order valence-electron chi connectivity index (χ0n) is 10.0. The smallest absolute Gasteiger partial charge is 0.194 e. The lowest BCUT2D eigenvalue weighted by Crippen LogP contribution is -2.08. The highest BCUT2D eigenvalue weighted by atomic mass is 19.1. The highest BCUT2D eigenvalue weighted by Gasteiger charge is 2.09. The van der Waals surface area contributed by atoms with Gasteiger partial charge in [-0.1, -0.05) is 0 Å². The molecule has 5 heteroatoms. The van der Waals surface area contributed by atoms with Crippen LogP contribution in [0.5, 0.6) is 0 Å². The number of nitrogens with zero attached hydrogens (tertiary/aromatic N) is 1. The van der Waals surface area contributed by atoms with Crippen molar-refractivity contribution in [2.45, 2.75) is 12.8 Å². The second-order valence-corrected chi connectivity index (χ2v) is 3.98. The molecule has 0 saturated heterocycles. The van der Waals surface area contributed by atoms with E-state index in [0.717, 1.165) is 19.0 Å². The number of aromatic nitrogens is 1. The molecule has 0 saturated carbocycles. The lowest BCUT2D eigenvalue weighted by molar-refractivity contribution is 0.494. The average molecular weight is 252 g/mol. The third-order valence-corrected chi connectivity index (χ3v) is 2.52. The summed E-state index contributed by atoms with van der Waals surface area (Å²) in [6.45, 7) is 0.867. The van der Waals surface area contributed by atoms with Crippen molar-refractivity contribution in [3.8, 4) is 11.3 Å². The quantitative estimate of drug-likeness (QED) is 0.831. The Morgan fingerprint density at radius 1 is 1.22 bits per heavy atom. The Morgan fingerprint density at radius 2 is 1.94 bits per heavy atom. The molecule has 0 atom stereocenters. The first-order valence-corrected chi connectivity index (χ1v) is 5.75. The molecule has 2 rings (SSSR count). The van der Waals surface area contributed by atoms with Crippen LogP contribution in [0.3, 0.4) is 0 Å². The number of halogens is 2. The van der Waals surface area contributed by atoms with E-state index in [9.17, 15) is 8.78 Å². The van der Waals surface area contributed by atoms with E-state index < -0.39 is 11.6 Å². The molecule has 1 aromatic heterocycles. The second-order valence-electron chi connectivity index (χ2n) is 3.98. The molecule has 0 aliphatic carbocycles. The predicted molar refractivity (Wildman–Crippen MR) is 64.1 cm³/mol. The van der Waals surface area contributed by atoms with Gasteiger partial charge in [0, 0.05) is 18.1 Å². The van der Waals surface area contributed by atoms with Crippen LogP contribution in [0, 0.1) is 11.6 Å². The monoisotopic (exact) mass is 252 g/mol. The van der Waals surface area contributed by atoms with Gasteiger partial charge in [-0.3, -0.25) is 0 Å². The molecular formula is C13H14F2N2O.